The number of hydrogen-bond donors (Lipinski definition) is 1. The van der Waals surface area contributed by atoms with Gasteiger partial charge in [0.15, 0.2) is 5.13 Å². The lowest BCUT2D eigenvalue weighted by atomic mass is 10.0. The Bertz CT molecular complexity index is 909. The second-order valence-corrected chi connectivity index (χ2v) is 9.61. The van der Waals surface area contributed by atoms with Crippen LogP contribution in [0.15, 0.2) is 29.2 Å². The largest absolute Gasteiger partial charge is 0.379 e. The monoisotopic (exact) mass is 407 g/mol. The van der Waals surface area contributed by atoms with Crippen molar-refractivity contribution in [2.24, 2.45) is 0 Å². The lowest BCUT2D eigenvalue weighted by Crippen LogP contribution is -2.40. The highest BCUT2D eigenvalue weighted by Crippen LogP contribution is 2.29. The molecular formula is C18H21N3O4S2. The molecule has 144 valence electrons. The summed E-state index contributed by atoms with van der Waals surface area (Å²) in [7, 11) is -3.55. The normalized spacial score (nSPS) is 18.1. The first kappa shape index (κ1) is 18.5. The number of morpholine rings is 1. The minimum atomic E-state index is -3.55. The van der Waals surface area contributed by atoms with Crippen LogP contribution in [0.3, 0.4) is 0 Å². The van der Waals surface area contributed by atoms with Crippen molar-refractivity contribution in [3.8, 4) is 0 Å². The second-order valence-electron chi connectivity index (χ2n) is 6.59. The highest BCUT2D eigenvalue weighted by Gasteiger charge is 2.26. The zero-order chi connectivity index (χ0) is 18.9. The van der Waals surface area contributed by atoms with Crippen LogP contribution in [0.4, 0.5) is 5.13 Å². The summed E-state index contributed by atoms with van der Waals surface area (Å²) >= 11 is 1.53. The molecule has 2 heterocycles. The summed E-state index contributed by atoms with van der Waals surface area (Å²) in [4.78, 5) is 18.4. The van der Waals surface area contributed by atoms with E-state index in [0.717, 1.165) is 25.0 Å². The van der Waals surface area contributed by atoms with E-state index in [9.17, 15) is 13.2 Å². The zero-order valence-corrected chi connectivity index (χ0v) is 16.4. The van der Waals surface area contributed by atoms with Crippen LogP contribution in [-0.2, 0) is 27.6 Å². The van der Waals surface area contributed by atoms with Gasteiger partial charge in [-0.05, 0) is 49.9 Å². The number of amides is 1. The molecule has 0 saturated carbocycles. The maximum Gasteiger partial charge on any atom is 0.257 e. The fourth-order valence-corrected chi connectivity index (χ4v) is 5.74. The molecule has 4 rings (SSSR count). The highest BCUT2D eigenvalue weighted by atomic mass is 32.2. The molecule has 0 bridgehead atoms. The minimum Gasteiger partial charge on any atom is -0.379 e. The number of ether oxygens (including phenoxy) is 1. The number of aryl methyl sites for hydroxylation is 2. The van der Waals surface area contributed by atoms with Gasteiger partial charge in [0.2, 0.25) is 10.0 Å². The van der Waals surface area contributed by atoms with Gasteiger partial charge in [0.1, 0.15) is 0 Å². The number of nitrogens with zero attached hydrogens (tertiary/aromatic N) is 2. The number of nitrogens with one attached hydrogen (secondary N) is 1. The number of carbonyl (C=O) groups is 1. The van der Waals surface area contributed by atoms with Crippen molar-refractivity contribution in [3.05, 3.63) is 40.4 Å². The molecule has 1 aromatic carbocycles. The molecule has 1 saturated heterocycles. The Kier molecular flexibility index (Phi) is 5.27. The van der Waals surface area contributed by atoms with E-state index in [-0.39, 0.29) is 10.8 Å². The number of anilines is 1. The molecule has 2 aliphatic rings. The van der Waals surface area contributed by atoms with Crippen molar-refractivity contribution >= 4 is 32.4 Å². The topological polar surface area (TPSA) is 88.6 Å². The third kappa shape index (κ3) is 3.91. The van der Waals surface area contributed by atoms with Crippen molar-refractivity contribution in [1.82, 2.24) is 9.29 Å². The van der Waals surface area contributed by atoms with Crippen LogP contribution in [0.5, 0.6) is 0 Å². The van der Waals surface area contributed by atoms with Crippen LogP contribution in [0, 0.1) is 0 Å². The molecule has 1 aliphatic heterocycles. The van der Waals surface area contributed by atoms with E-state index in [1.807, 2.05) is 0 Å². The Labute approximate surface area is 162 Å². The number of carbonyl (C=O) groups excluding carboxylic acids is 1. The van der Waals surface area contributed by atoms with Crippen LogP contribution in [0.2, 0.25) is 0 Å². The SMILES string of the molecule is O=C(Nc1nc2c(s1)CCCC2)c1ccc(S(=O)(=O)N2CCOCC2)cc1. The van der Waals surface area contributed by atoms with E-state index in [4.69, 9.17) is 4.74 Å². The van der Waals surface area contributed by atoms with E-state index >= 15 is 0 Å². The van der Waals surface area contributed by atoms with Gasteiger partial charge in [-0.15, -0.1) is 11.3 Å². The molecule has 1 N–H and O–H groups in total. The lowest BCUT2D eigenvalue weighted by molar-refractivity contribution is 0.0730. The van der Waals surface area contributed by atoms with E-state index in [0.29, 0.717) is 37.0 Å². The standard InChI is InChI=1S/C18H21N3O4S2/c22-17(20-18-19-15-3-1-2-4-16(15)26-18)13-5-7-14(8-6-13)27(23,24)21-9-11-25-12-10-21/h5-8H,1-4,9-12H2,(H,19,20,22). The van der Waals surface area contributed by atoms with E-state index in [1.165, 1.54) is 51.2 Å². The van der Waals surface area contributed by atoms with Crippen LogP contribution in [-0.4, -0.2) is 49.9 Å². The fraction of sp³-hybridized carbons (Fsp3) is 0.444. The Morgan fingerprint density at radius 2 is 1.81 bits per heavy atom. The summed E-state index contributed by atoms with van der Waals surface area (Å²) in [5.74, 6) is -0.281. The molecule has 27 heavy (non-hydrogen) atoms. The quantitative estimate of drug-likeness (QED) is 0.840. The van der Waals surface area contributed by atoms with Gasteiger partial charge < -0.3 is 4.74 Å². The summed E-state index contributed by atoms with van der Waals surface area (Å²) < 4.78 is 31.9. The van der Waals surface area contributed by atoms with Crippen LogP contribution >= 0.6 is 11.3 Å². The minimum absolute atomic E-state index is 0.186. The molecule has 1 amide bonds. The van der Waals surface area contributed by atoms with E-state index < -0.39 is 10.0 Å². The smallest absolute Gasteiger partial charge is 0.257 e. The predicted octanol–water partition coefficient (Wildman–Crippen LogP) is 2.30. The molecule has 0 spiro atoms. The highest BCUT2D eigenvalue weighted by molar-refractivity contribution is 7.89. The average Bonchev–Trinajstić information content (AvgIpc) is 3.11. The number of thiazole rings is 1. The van der Waals surface area contributed by atoms with Gasteiger partial charge in [-0.2, -0.15) is 4.31 Å². The summed E-state index contributed by atoms with van der Waals surface area (Å²) in [5, 5.41) is 3.44. The first-order valence-electron chi connectivity index (χ1n) is 9.02. The molecule has 2 aromatic rings. The van der Waals surface area contributed by atoms with Crippen LogP contribution < -0.4 is 5.32 Å². The first-order valence-corrected chi connectivity index (χ1v) is 11.3. The molecule has 0 unspecified atom stereocenters. The van der Waals surface area contributed by atoms with E-state index in [1.54, 1.807) is 0 Å². The van der Waals surface area contributed by atoms with Gasteiger partial charge >= 0.3 is 0 Å². The molecule has 7 nitrogen and oxygen atoms in total. The second kappa shape index (κ2) is 7.67. The summed E-state index contributed by atoms with van der Waals surface area (Å²) in [6.45, 7) is 1.49. The third-order valence-corrected chi connectivity index (χ3v) is 7.78. The van der Waals surface area contributed by atoms with Gasteiger partial charge in [0.05, 0.1) is 23.8 Å². The third-order valence-electron chi connectivity index (χ3n) is 4.79. The maximum absolute atomic E-state index is 12.6. The molecule has 9 heteroatoms. The number of fused-ring (bicyclic) bond motifs is 1. The van der Waals surface area contributed by atoms with Crippen molar-refractivity contribution in [1.29, 1.82) is 0 Å². The van der Waals surface area contributed by atoms with Crippen molar-refractivity contribution < 1.29 is 17.9 Å². The molecule has 0 radical (unpaired) electrons. The molecule has 1 fully saturated rings. The fourth-order valence-electron chi connectivity index (χ4n) is 3.29. The Morgan fingerprint density at radius 1 is 1.11 bits per heavy atom. The number of hydrogen-bond acceptors (Lipinski definition) is 6. The molecule has 1 aromatic heterocycles. The maximum atomic E-state index is 12.6. The Hall–Kier alpha value is -1.81. The zero-order valence-electron chi connectivity index (χ0n) is 14.8. The van der Waals surface area contributed by atoms with Gasteiger partial charge in [0.25, 0.3) is 5.91 Å². The molecule has 0 atom stereocenters. The summed E-state index contributed by atoms with van der Waals surface area (Å²) in [6.07, 6.45) is 4.30. The van der Waals surface area contributed by atoms with E-state index in [2.05, 4.69) is 10.3 Å². The number of rotatable bonds is 4. The van der Waals surface area contributed by atoms with Crippen molar-refractivity contribution in [3.63, 3.8) is 0 Å². The Morgan fingerprint density at radius 3 is 2.52 bits per heavy atom. The van der Waals surface area contributed by atoms with Crippen molar-refractivity contribution in [2.45, 2.75) is 30.6 Å². The number of aromatic nitrogens is 1. The number of sulfonamides is 1. The summed E-state index contributed by atoms with van der Waals surface area (Å²) in [6, 6.07) is 6.03. The van der Waals surface area contributed by atoms with Crippen LogP contribution in [0.1, 0.15) is 33.8 Å². The number of benzene rings is 1. The van der Waals surface area contributed by atoms with Gasteiger partial charge in [-0.25, -0.2) is 13.4 Å². The average molecular weight is 408 g/mol. The van der Waals surface area contributed by atoms with Gasteiger partial charge in [-0.3, -0.25) is 10.1 Å². The van der Waals surface area contributed by atoms with Gasteiger partial charge in [-0.1, -0.05) is 0 Å². The Balaban J connectivity index is 1.46. The van der Waals surface area contributed by atoms with Gasteiger partial charge in [0, 0.05) is 23.5 Å². The van der Waals surface area contributed by atoms with Crippen LogP contribution in [0.25, 0.3) is 0 Å². The summed E-state index contributed by atoms with van der Waals surface area (Å²) in [5.41, 5.74) is 1.50. The van der Waals surface area contributed by atoms with Crippen molar-refractivity contribution in [2.75, 3.05) is 31.6 Å². The predicted molar refractivity (Wildman–Crippen MR) is 103 cm³/mol. The molecule has 1 aliphatic carbocycles. The molecular weight excluding hydrogens is 386 g/mol. The lowest BCUT2D eigenvalue weighted by Gasteiger charge is -2.26. The first-order chi connectivity index (χ1) is 13.0.